The maximum atomic E-state index is 10.7. The number of nitrogens with zero attached hydrogens (tertiary/aromatic N) is 1. The Balaban J connectivity index is 1.69. The lowest BCUT2D eigenvalue weighted by atomic mass is 10.0. The number of likely N-dealkylation sites (tertiary alicyclic amines) is 1. The van der Waals surface area contributed by atoms with Crippen molar-refractivity contribution in [1.82, 2.24) is 4.90 Å². The third kappa shape index (κ3) is 5.28. The number of aliphatic hydroxyl groups is 2. The zero-order chi connectivity index (χ0) is 17.6. The van der Waals surface area contributed by atoms with Gasteiger partial charge in [-0.1, -0.05) is 46.3 Å². The number of β-amino-alcohol motifs (C(OH)–C–C–N with tert-alkyl or cyclic N) is 2. The summed E-state index contributed by atoms with van der Waals surface area (Å²) < 4.78 is 6.87. The van der Waals surface area contributed by atoms with Gasteiger partial charge in [0.1, 0.15) is 12.4 Å². The highest BCUT2D eigenvalue weighted by Crippen LogP contribution is 2.30. The number of hydrogen-bond donors (Lipinski definition) is 2. The summed E-state index contributed by atoms with van der Waals surface area (Å²) in [6, 6.07) is 15.7. The second-order valence-electron chi connectivity index (χ2n) is 6.53. The molecule has 1 saturated heterocycles. The zero-order valence-corrected chi connectivity index (χ0v) is 15.7. The van der Waals surface area contributed by atoms with Crippen molar-refractivity contribution in [3.05, 3.63) is 64.1 Å². The van der Waals surface area contributed by atoms with Gasteiger partial charge in [0.2, 0.25) is 0 Å². The van der Waals surface area contributed by atoms with Crippen LogP contribution in [0.5, 0.6) is 5.75 Å². The van der Waals surface area contributed by atoms with Crippen molar-refractivity contribution in [2.75, 3.05) is 19.6 Å². The molecule has 1 heterocycles. The summed E-state index contributed by atoms with van der Waals surface area (Å²) in [6.45, 7) is 2.48. The molecule has 25 heavy (non-hydrogen) atoms. The van der Waals surface area contributed by atoms with Crippen molar-refractivity contribution in [3.8, 4) is 5.75 Å². The van der Waals surface area contributed by atoms with Gasteiger partial charge in [0.05, 0.1) is 12.2 Å². The molecule has 2 N–H and O–H groups in total. The summed E-state index contributed by atoms with van der Waals surface area (Å²) in [5.41, 5.74) is 1.86. The van der Waals surface area contributed by atoms with Crippen LogP contribution in [0.1, 0.15) is 30.1 Å². The lowest BCUT2D eigenvalue weighted by molar-refractivity contribution is 0.0383. The van der Waals surface area contributed by atoms with Crippen molar-refractivity contribution in [1.29, 1.82) is 0 Å². The first-order valence-corrected chi connectivity index (χ1v) is 9.46. The Morgan fingerprint density at radius 2 is 2.00 bits per heavy atom. The maximum absolute atomic E-state index is 10.7. The SMILES string of the molecule is OC1CCCN(CC(O)c2cc(Br)ccc2OCc2ccccc2)C1. The topological polar surface area (TPSA) is 52.9 Å². The largest absolute Gasteiger partial charge is 0.489 e. The Morgan fingerprint density at radius 3 is 2.76 bits per heavy atom. The molecule has 0 saturated carbocycles. The summed E-state index contributed by atoms with van der Waals surface area (Å²) in [4.78, 5) is 2.11. The predicted molar refractivity (Wildman–Crippen MR) is 102 cm³/mol. The smallest absolute Gasteiger partial charge is 0.125 e. The summed E-state index contributed by atoms with van der Waals surface area (Å²) in [5, 5.41) is 20.6. The molecular weight excluding hydrogens is 382 g/mol. The van der Waals surface area contributed by atoms with Gasteiger partial charge < -0.3 is 14.9 Å². The summed E-state index contributed by atoms with van der Waals surface area (Å²) in [6.07, 6.45) is 0.851. The van der Waals surface area contributed by atoms with Crippen molar-refractivity contribution < 1.29 is 14.9 Å². The Bertz CT molecular complexity index is 680. The fourth-order valence-corrected chi connectivity index (χ4v) is 3.57. The van der Waals surface area contributed by atoms with Crippen molar-refractivity contribution in [2.24, 2.45) is 0 Å². The molecule has 0 bridgehead atoms. The van der Waals surface area contributed by atoms with Gasteiger partial charge in [0.25, 0.3) is 0 Å². The number of halogens is 1. The zero-order valence-electron chi connectivity index (χ0n) is 14.1. The number of benzene rings is 2. The molecule has 0 aliphatic carbocycles. The summed E-state index contributed by atoms with van der Waals surface area (Å²) in [7, 11) is 0. The summed E-state index contributed by atoms with van der Waals surface area (Å²) in [5.74, 6) is 0.692. The van der Waals surface area contributed by atoms with Crippen LogP contribution in [0.15, 0.2) is 53.0 Å². The van der Waals surface area contributed by atoms with Crippen LogP contribution in [-0.4, -0.2) is 40.9 Å². The number of aliphatic hydroxyl groups excluding tert-OH is 2. The van der Waals surface area contributed by atoms with Crippen LogP contribution in [0.2, 0.25) is 0 Å². The average Bonchev–Trinajstić information content (AvgIpc) is 2.61. The van der Waals surface area contributed by atoms with Crippen molar-refractivity contribution >= 4 is 15.9 Å². The molecule has 3 rings (SSSR count). The van der Waals surface area contributed by atoms with Crippen LogP contribution in [0, 0.1) is 0 Å². The van der Waals surface area contributed by atoms with E-state index in [1.54, 1.807) is 0 Å². The van der Waals surface area contributed by atoms with Crippen molar-refractivity contribution in [3.63, 3.8) is 0 Å². The van der Waals surface area contributed by atoms with Gasteiger partial charge in [-0.25, -0.2) is 0 Å². The molecule has 1 fully saturated rings. The minimum absolute atomic E-state index is 0.294. The molecule has 2 atom stereocenters. The number of rotatable bonds is 6. The molecule has 4 nitrogen and oxygen atoms in total. The van der Waals surface area contributed by atoms with E-state index in [-0.39, 0.29) is 6.10 Å². The fourth-order valence-electron chi connectivity index (χ4n) is 3.19. The second-order valence-corrected chi connectivity index (χ2v) is 7.44. The highest BCUT2D eigenvalue weighted by Gasteiger charge is 2.22. The van der Waals surface area contributed by atoms with Gasteiger partial charge in [0, 0.05) is 23.1 Å². The van der Waals surface area contributed by atoms with E-state index in [1.165, 1.54) is 0 Å². The fraction of sp³-hybridized carbons (Fsp3) is 0.400. The van der Waals surface area contributed by atoms with Gasteiger partial charge in [-0.2, -0.15) is 0 Å². The average molecular weight is 406 g/mol. The molecule has 2 aromatic rings. The number of ether oxygens (including phenoxy) is 1. The van der Waals surface area contributed by atoms with Crippen LogP contribution < -0.4 is 4.74 Å². The Morgan fingerprint density at radius 1 is 1.20 bits per heavy atom. The van der Waals surface area contributed by atoms with Gasteiger partial charge >= 0.3 is 0 Å². The number of hydrogen-bond acceptors (Lipinski definition) is 4. The Hall–Kier alpha value is -1.40. The molecule has 2 aromatic carbocycles. The molecule has 2 unspecified atom stereocenters. The van der Waals surface area contributed by atoms with E-state index in [4.69, 9.17) is 4.74 Å². The Kier molecular flexibility index (Phi) is 6.48. The van der Waals surface area contributed by atoms with Gasteiger partial charge in [0.15, 0.2) is 0 Å². The molecule has 1 aliphatic heterocycles. The molecule has 5 heteroatoms. The van der Waals surface area contributed by atoms with E-state index in [0.29, 0.717) is 25.4 Å². The molecule has 0 aromatic heterocycles. The van der Waals surface area contributed by atoms with Crippen molar-refractivity contribution in [2.45, 2.75) is 31.7 Å². The van der Waals surface area contributed by atoms with Crippen LogP contribution in [-0.2, 0) is 6.61 Å². The highest BCUT2D eigenvalue weighted by atomic mass is 79.9. The Labute approximate surface area is 157 Å². The van der Waals surface area contributed by atoms with E-state index in [0.717, 1.165) is 35.0 Å². The highest BCUT2D eigenvalue weighted by molar-refractivity contribution is 9.10. The molecule has 1 aliphatic rings. The van der Waals surface area contributed by atoms with Crippen LogP contribution in [0.4, 0.5) is 0 Å². The number of piperidine rings is 1. The minimum atomic E-state index is -0.659. The normalized spacial score (nSPS) is 19.6. The third-order valence-electron chi connectivity index (χ3n) is 4.48. The molecule has 0 spiro atoms. The first kappa shape index (κ1) is 18.4. The lowest BCUT2D eigenvalue weighted by Gasteiger charge is -2.31. The maximum Gasteiger partial charge on any atom is 0.125 e. The second kappa shape index (κ2) is 8.81. The summed E-state index contributed by atoms with van der Waals surface area (Å²) >= 11 is 3.48. The lowest BCUT2D eigenvalue weighted by Crippen LogP contribution is -2.40. The first-order chi connectivity index (χ1) is 12.1. The molecular formula is C20H24BrNO3. The third-order valence-corrected chi connectivity index (χ3v) is 4.97. The predicted octanol–water partition coefficient (Wildman–Crippen LogP) is 3.52. The monoisotopic (exact) mass is 405 g/mol. The van der Waals surface area contributed by atoms with Gasteiger partial charge in [-0.15, -0.1) is 0 Å². The van der Waals surface area contributed by atoms with Gasteiger partial charge in [-0.3, -0.25) is 4.90 Å². The van der Waals surface area contributed by atoms with Crippen LogP contribution in [0.3, 0.4) is 0 Å². The standard InChI is InChI=1S/C20H24BrNO3/c21-16-8-9-20(25-14-15-5-2-1-3-6-15)18(11-16)19(24)13-22-10-4-7-17(23)12-22/h1-3,5-6,8-9,11,17,19,23-24H,4,7,10,12-14H2. The van der Waals surface area contributed by atoms with E-state index in [1.807, 2.05) is 48.5 Å². The van der Waals surface area contributed by atoms with E-state index >= 15 is 0 Å². The quantitative estimate of drug-likeness (QED) is 0.771. The molecule has 0 radical (unpaired) electrons. The van der Waals surface area contributed by atoms with Crippen LogP contribution in [0.25, 0.3) is 0 Å². The minimum Gasteiger partial charge on any atom is -0.489 e. The first-order valence-electron chi connectivity index (χ1n) is 8.66. The van der Waals surface area contributed by atoms with Gasteiger partial charge in [-0.05, 0) is 43.1 Å². The van der Waals surface area contributed by atoms with E-state index in [9.17, 15) is 10.2 Å². The van der Waals surface area contributed by atoms with Crippen LogP contribution >= 0.6 is 15.9 Å². The van der Waals surface area contributed by atoms with E-state index < -0.39 is 6.10 Å². The molecule has 134 valence electrons. The molecule has 0 amide bonds. The van der Waals surface area contributed by atoms with E-state index in [2.05, 4.69) is 20.8 Å².